The Balaban J connectivity index is 1.38. The van der Waals surface area contributed by atoms with Gasteiger partial charge in [-0.25, -0.2) is 9.59 Å². The molecule has 35 heavy (non-hydrogen) atoms. The van der Waals surface area contributed by atoms with Crippen LogP contribution in [0.15, 0.2) is 63.5 Å². The molecule has 0 spiro atoms. The SMILES string of the molecule is CCOC(=O)C1=C(CSc2nnc([C@@H]3COc4ccccc4O3)n2C)NC(=O)N[C@@H]1c1ccco1. The molecule has 3 aromatic rings. The largest absolute Gasteiger partial charge is 0.485 e. The second-order valence-electron chi connectivity index (χ2n) is 7.71. The summed E-state index contributed by atoms with van der Waals surface area (Å²) in [7, 11) is 1.83. The molecule has 4 heterocycles. The number of para-hydroxylation sites is 2. The fraction of sp³-hybridized carbons (Fsp3) is 0.304. The van der Waals surface area contributed by atoms with Crippen molar-refractivity contribution in [2.75, 3.05) is 19.0 Å². The molecule has 2 amide bonds. The van der Waals surface area contributed by atoms with Gasteiger partial charge in [-0.05, 0) is 31.2 Å². The molecule has 12 heteroatoms. The molecular weight excluding hydrogens is 474 g/mol. The second-order valence-corrected chi connectivity index (χ2v) is 8.65. The topological polar surface area (TPSA) is 130 Å². The predicted molar refractivity (Wildman–Crippen MR) is 124 cm³/mol. The van der Waals surface area contributed by atoms with Crippen LogP contribution < -0.4 is 20.1 Å². The number of urea groups is 1. The minimum Gasteiger partial charge on any atom is -0.485 e. The van der Waals surface area contributed by atoms with Gasteiger partial charge < -0.3 is 33.8 Å². The first-order valence-corrected chi connectivity index (χ1v) is 11.9. The first kappa shape index (κ1) is 22.8. The van der Waals surface area contributed by atoms with Crippen LogP contribution >= 0.6 is 11.8 Å². The highest BCUT2D eigenvalue weighted by molar-refractivity contribution is 7.99. The predicted octanol–water partition coefficient (Wildman–Crippen LogP) is 2.88. The van der Waals surface area contributed by atoms with Crippen molar-refractivity contribution in [3.05, 3.63) is 65.5 Å². The van der Waals surface area contributed by atoms with Crippen LogP contribution in [0.4, 0.5) is 4.79 Å². The first-order chi connectivity index (χ1) is 17.0. The smallest absolute Gasteiger partial charge is 0.338 e. The number of fused-ring (bicyclic) bond motifs is 1. The van der Waals surface area contributed by atoms with Crippen molar-refractivity contribution in [3.8, 4) is 11.5 Å². The molecule has 1 aromatic carbocycles. The summed E-state index contributed by atoms with van der Waals surface area (Å²) in [5.41, 5.74) is 0.686. The molecule has 0 saturated heterocycles. The first-order valence-electron chi connectivity index (χ1n) is 11.0. The summed E-state index contributed by atoms with van der Waals surface area (Å²) in [6, 6.07) is 9.62. The van der Waals surface area contributed by atoms with Crippen LogP contribution in [0.1, 0.15) is 30.7 Å². The van der Waals surface area contributed by atoms with Gasteiger partial charge in [0, 0.05) is 18.5 Å². The zero-order valence-corrected chi connectivity index (χ0v) is 19.8. The van der Waals surface area contributed by atoms with Gasteiger partial charge in [0.15, 0.2) is 28.6 Å². The lowest BCUT2D eigenvalue weighted by molar-refractivity contribution is -0.139. The Morgan fingerprint density at radius 2 is 2.06 bits per heavy atom. The number of thioether (sulfide) groups is 1. The van der Waals surface area contributed by atoms with E-state index in [1.165, 1.54) is 18.0 Å². The minimum atomic E-state index is -0.767. The Morgan fingerprint density at radius 1 is 1.23 bits per heavy atom. The van der Waals surface area contributed by atoms with Gasteiger partial charge >= 0.3 is 12.0 Å². The van der Waals surface area contributed by atoms with Crippen molar-refractivity contribution < 1.29 is 28.2 Å². The Labute approximate surface area is 204 Å². The summed E-state index contributed by atoms with van der Waals surface area (Å²) in [6.45, 7) is 2.22. The monoisotopic (exact) mass is 497 g/mol. The molecule has 0 aliphatic carbocycles. The number of esters is 1. The van der Waals surface area contributed by atoms with Crippen molar-refractivity contribution >= 4 is 23.8 Å². The average Bonchev–Trinajstić information content (AvgIpc) is 3.52. The molecule has 2 aliphatic heterocycles. The van der Waals surface area contributed by atoms with Gasteiger partial charge in [0.1, 0.15) is 18.4 Å². The van der Waals surface area contributed by atoms with E-state index in [2.05, 4.69) is 20.8 Å². The Hall–Kier alpha value is -3.93. The van der Waals surface area contributed by atoms with Crippen molar-refractivity contribution in [1.29, 1.82) is 0 Å². The van der Waals surface area contributed by atoms with Gasteiger partial charge in [-0.1, -0.05) is 23.9 Å². The molecule has 182 valence electrons. The zero-order chi connectivity index (χ0) is 24.4. The number of furan rings is 1. The molecule has 11 nitrogen and oxygen atoms in total. The van der Waals surface area contributed by atoms with Crippen LogP contribution in [0, 0.1) is 0 Å². The summed E-state index contributed by atoms with van der Waals surface area (Å²) in [5.74, 6) is 2.07. The number of amides is 2. The Bertz CT molecular complexity index is 1270. The van der Waals surface area contributed by atoms with E-state index >= 15 is 0 Å². The summed E-state index contributed by atoms with van der Waals surface area (Å²) in [6.07, 6.45) is 1.06. The lowest BCUT2D eigenvalue weighted by atomic mass is 10.0. The maximum Gasteiger partial charge on any atom is 0.338 e. The zero-order valence-electron chi connectivity index (χ0n) is 19.0. The third-order valence-electron chi connectivity index (χ3n) is 5.49. The fourth-order valence-corrected chi connectivity index (χ4v) is 4.75. The lowest BCUT2D eigenvalue weighted by Crippen LogP contribution is -2.46. The van der Waals surface area contributed by atoms with Crippen LogP contribution in [-0.4, -0.2) is 45.7 Å². The van der Waals surface area contributed by atoms with Gasteiger partial charge in [-0.2, -0.15) is 0 Å². The van der Waals surface area contributed by atoms with E-state index in [1.54, 1.807) is 19.1 Å². The van der Waals surface area contributed by atoms with E-state index in [0.29, 0.717) is 40.5 Å². The summed E-state index contributed by atoms with van der Waals surface area (Å²) in [4.78, 5) is 25.2. The molecular formula is C23H23N5O6S. The van der Waals surface area contributed by atoms with Crippen molar-refractivity contribution in [3.63, 3.8) is 0 Å². The molecule has 0 fully saturated rings. The number of ether oxygens (including phenoxy) is 3. The van der Waals surface area contributed by atoms with Crippen LogP contribution in [0.2, 0.25) is 0 Å². The van der Waals surface area contributed by atoms with Gasteiger partial charge in [0.05, 0.1) is 18.4 Å². The van der Waals surface area contributed by atoms with Crippen LogP contribution in [0.5, 0.6) is 11.5 Å². The quantitative estimate of drug-likeness (QED) is 0.374. The number of carbonyl (C=O) groups excluding carboxylic acids is 2. The Morgan fingerprint density at radius 3 is 2.83 bits per heavy atom. The number of carbonyl (C=O) groups is 2. The van der Waals surface area contributed by atoms with Crippen LogP contribution in [-0.2, 0) is 16.6 Å². The maximum atomic E-state index is 12.8. The molecule has 2 N–H and O–H groups in total. The number of nitrogens with one attached hydrogen (secondary N) is 2. The lowest BCUT2D eigenvalue weighted by Gasteiger charge is -2.27. The molecule has 0 saturated carbocycles. The van der Waals surface area contributed by atoms with E-state index in [9.17, 15) is 9.59 Å². The number of benzene rings is 1. The van der Waals surface area contributed by atoms with E-state index in [0.717, 1.165) is 0 Å². The van der Waals surface area contributed by atoms with E-state index < -0.39 is 24.1 Å². The Kier molecular flexibility index (Phi) is 6.36. The number of rotatable bonds is 7. The third-order valence-corrected chi connectivity index (χ3v) is 6.53. The highest BCUT2D eigenvalue weighted by atomic mass is 32.2. The number of hydrogen-bond acceptors (Lipinski definition) is 9. The molecule has 0 bridgehead atoms. The van der Waals surface area contributed by atoms with E-state index in [1.807, 2.05) is 35.9 Å². The number of nitrogens with zero attached hydrogens (tertiary/aromatic N) is 3. The number of aromatic nitrogens is 3. The van der Waals surface area contributed by atoms with Crippen molar-refractivity contribution in [1.82, 2.24) is 25.4 Å². The summed E-state index contributed by atoms with van der Waals surface area (Å²) in [5, 5.41) is 14.6. The van der Waals surface area contributed by atoms with Gasteiger partial charge in [-0.15, -0.1) is 10.2 Å². The molecule has 0 unspecified atom stereocenters. The van der Waals surface area contributed by atoms with E-state index in [4.69, 9.17) is 18.6 Å². The van der Waals surface area contributed by atoms with Gasteiger partial charge in [0.25, 0.3) is 0 Å². The average molecular weight is 498 g/mol. The van der Waals surface area contributed by atoms with Crippen LogP contribution in [0.25, 0.3) is 0 Å². The van der Waals surface area contributed by atoms with Crippen molar-refractivity contribution in [2.24, 2.45) is 7.05 Å². The summed E-state index contributed by atoms with van der Waals surface area (Å²) >= 11 is 1.32. The summed E-state index contributed by atoms with van der Waals surface area (Å²) < 4.78 is 24.4. The number of hydrogen-bond donors (Lipinski definition) is 2. The fourth-order valence-electron chi connectivity index (χ4n) is 3.87. The van der Waals surface area contributed by atoms with Gasteiger partial charge in [-0.3, -0.25) is 0 Å². The maximum absolute atomic E-state index is 12.8. The van der Waals surface area contributed by atoms with Crippen LogP contribution in [0.3, 0.4) is 0 Å². The molecule has 0 radical (unpaired) electrons. The molecule has 2 atom stereocenters. The third kappa shape index (κ3) is 4.56. The van der Waals surface area contributed by atoms with Gasteiger partial charge in [0.2, 0.25) is 0 Å². The molecule has 5 rings (SSSR count). The standard InChI is InChI=1S/C23H23N5O6S/c1-3-31-21(29)18-13(24-22(30)25-19(18)16-9-6-10-32-16)12-35-23-27-26-20(28(23)2)17-11-33-14-7-4-5-8-15(14)34-17/h4-10,17,19H,3,11-12H2,1-2H3,(H2,24,25,30)/t17-,19+/m0/s1. The molecule has 2 aromatic heterocycles. The normalized spacial score (nSPS) is 19.2. The highest BCUT2D eigenvalue weighted by Gasteiger charge is 2.35. The van der Waals surface area contributed by atoms with Crippen molar-refractivity contribution in [2.45, 2.75) is 24.2 Å². The minimum absolute atomic E-state index is 0.195. The highest BCUT2D eigenvalue weighted by Crippen LogP contribution is 2.36. The second kappa shape index (κ2) is 9.74. The van der Waals surface area contributed by atoms with E-state index in [-0.39, 0.29) is 17.9 Å². The molecule has 2 aliphatic rings.